The Kier molecular flexibility index (Phi) is 6.94. The summed E-state index contributed by atoms with van der Waals surface area (Å²) < 4.78 is 2.22. The molecule has 0 saturated carbocycles. The summed E-state index contributed by atoms with van der Waals surface area (Å²) in [6, 6.07) is 22.7. The van der Waals surface area contributed by atoms with Gasteiger partial charge in [0.2, 0.25) is 5.91 Å². The van der Waals surface area contributed by atoms with Crippen molar-refractivity contribution in [1.82, 2.24) is 10.4 Å². The molecule has 0 aliphatic heterocycles. The number of hydrogen-bond donors (Lipinski definition) is 2. The fourth-order valence-corrected chi connectivity index (χ4v) is 4.92. The summed E-state index contributed by atoms with van der Waals surface area (Å²) in [5.41, 5.74) is 6.73. The number of hydrazone groups is 1. The van der Waals surface area contributed by atoms with Crippen LogP contribution in [0.3, 0.4) is 0 Å². The highest BCUT2D eigenvalue weighted by Crippen LogP contribution is 2.31. The first-order valence-corrected chi connectivity index (χ1v) is 11.7. The molecule has 2 amide bonds. The van der Waals surface area contributed by atoms with E-state index in [0.29, 0.717) is 11.3 Å². The molecule has 32 heavy (non-hydrogen) atoms. The standard InChI is InChI=1S/C24H20N4O2S2/c1-16(29)26-20-12-8-17(9-13-20)14-25-28-23(30)19-10-6-18(7-11-19)15-31-24-27-21-4-2-3-5-22(21)32-24/h2-14H,15H2,1H3,(H,26,29)(H,28,30). The number of rotatable bonds is 7. The summed E-state index contributed by atoms with van der Waals surface area (Å²) in [4.78, 5) is 28.0. The number of nitrogens with one attached hydrogen (secondary N) is 2. The normalized spacial score (nSPS) is 11.0. The van der Waals surface area contributed by atoms with E-state index in [4.69, 9.17) is 0 Å². The van der Waals surface area contributed by atoms with E-state index in [9.17, 15) is 9.59 Å². The molecule has 0 saturated heterocycles. The Bertz CT molecular complexity index is 1230. The van der Waals surface area contributed by atoms with Crippen LogP contribution in [0.5, 0.6) is 0 Å². The highest BCUT2D eigenvalue weighted by atomic mass is 32.2. The second kappa shape index (κ2) is 10.2. The van der Waals surface area contributed by atoms with E-state index in [1.807, 2.05) is 30.3 Å². The van der Waals surface area contributed by atoms with Crippen molar-refractivity contribution in [3.8, 4) is 0 Å². The van der Waals surface area contributed by atoms with Gasteiger partial charge in [-0.15, -0.1) is 11.3 Å². The highest BCUT2D eigenvalue weighted by Gasteiger charge is 2.07. The fourth-order valence-electron chi connectivity index (χ4n) is 2.90. The zero-order valence-corrected chi connectivity index (χ0v) is 18.9. The van der Waals surface area contributed by atoms with E-state index in [0.717, 1.165) is 26.7 Å². The van der Waals surface area contributed by atoms with E-state index in [-0.39, 0.29) is 11.8 Å². The molecule has 1 heterocycles. The minimum absolute atomic E-state index is 0.125. The first kappa shape index (κ1) is 21.7. The summed E-state index contributed by atoms with van der Waals surface area (Å²) in [6.07, 6.45) is 1.55. The third-order valence-corrected chi connectivity index (χ3v) is 6.71. The summed E-state index contributed by atoms with van der Waals surface area (Å²) in [5.74, 6) is 0.385. The number of amides is 2. The van der Waals surface area contributed by atoms with Gasteiger partial charge in [-0.25, -0.2) is 10.4 Å². The first-order chi connectivity index (χ1) is 15.6. The number of benzene rings is 3. The molecule has 2 N–H and O–H groups in total. The van der Waals surface area contributed by atoms with E-state index < -0.39 is 0 Å². The molecule has 8 heteroatoms. The van der Waals surface area contributed by atoms with Gasteiger partial charge in [0.15, 0.2) is 4.34 Å². The zero-order valence-electron chi connectivity index (χ0n) is 17.2. The molecule has 0 aliphatic carbocycles. The smallest absolute Gasteiger partial charge is 0.271 e. The van der Waals surface area contributed by atoms with Crippen LogP contribution in [-0.4, -0.2) is 23.0 Å². The number of carbonyl (C=O) groups excluding carboxylic acids is 2. The number of thiazole rings is 1. The van der Waals surface area contributed by atoms with E-state index in [2.05, 4.69) is 26.9 Å². The summed E-state index contributed by atoms with van der Waals surface area (Å²) in [6.45, 7) is 1.46. The maximum atomic E-state index is 12.3. The Hall–Kier alpha value is -3.49. The van der Waals surface area contributed by atoms with Crippen LogP contribution in [-0.2, 0) is 10.5 Å². The van der Waals surface area contributed by atoms with Gasteiger partial charge in [-0.2, -0.15) is 5.10 Å². The Labute approximate surface area is 193 Å². The maximum Gasteiger partial charge on any atom is 0.271 e. The molecule has 0 bridgehead atoms. The monoisotopic (exact) mass is 460 g/mol. The van der Waals surface area contributed by atoms with Crippen molar-refractivity contribution in [1.29, 1.82) is 0 Å². The highest BCUT2D eigenvalue weighted by molar-refractivity contribution is 8.00. The average Bonchev–Trinajstić information content (AvgIpc) is 3.22. The number of nitrogens with zero attached hydrogens (tertiary/aromatic N) is 2. The van der Waals surface area contributed by atoms with E-state index >= 15 is 0 Å². The molecule has 0 atom stereocenters. The zero-order chi connectivity index (χ0) is 22.3. The van der Waals surface area contributed by atoms with Gasteiger partial charge in [0.05, 0.1) is 16.4 Å². The largest absolute Gasteiger partial charge is 0.326 e. The average molecular weight is 461 g/mol. The van der Waals surface area contributed by atoms with Crippen LogP contribution in [0.1, 0.15) is 28.4 Å². The lowest BCUT2D eigenvalue weighted by Gasteiger charge is -2.03. The number of anilines is 1. The molecule has 0 radical (unpaired) electrons. The third kappa shape index (κ3) is 5.81. The van der Waals surface area contributed by atoms with Gasteiger partial charge in [-0.05, 0) is 47.5 Å². The van der Waals surface area contributed by atoms with Gasteiger partial charge in [0.25, 0.3) is 5.91 Å². The van der Waals surface area contributed by atoms with Gasteiger partial charge in [-0.3, -0.25) is 9.59 Å². The van der Waals surface area contributed by atoms with Crippen molar-refractivity contribution in [2.45, 2.75) is 17.0 Å². The van der Waals surface area contributed by atoms with Gasteiger partial charge < -0.3 is 5.32 Å². The molecular formula is C24H20N4O2S2. The molecule has 0 fully saturated rings. The lowest BCUT2D eigenvalue weighted by Crippen LogP contribution is -2.17. The first-order valence-electron chi connectivity index (χ1n) is 9.85. The number of thioether (sulfide) groups is 1. The van der Waals surface area contributed by atoms with Gasteiger partial charge in [-0.1, -0.05) is 48.2 Å². The predicted octanol–water partition coefficient (Wildman–Crippen LogP) is 5.31. The number of para-hydroxylation sites is 1. The molecule has 0 spiro atoms. The molecule has 3 aromatic carbocycles. The lowest BCUT2D eigenvalue weighted by molar-refractivity contribution is -0.114. The second-order valence-electron chi connectivity index (χ2n) is 6.94. The van der Waals surface area contributed by atoms with Crippen molar-refractivity contribution >= 4 is 57.0 Å². The van der Waals surface area contributed by atoms with Gasteiger partial charge in [0, 0.05) is 23.9 Å². The van der Waals surface area contributed by atoms with Crippen molar-refractivity contribution in [3.05, 3.63) is 89.5 Å². The maximum absolute atomic E-state index is 12.3. The molecule has 160 valence electrons. The molecule has 1 aromatic heterocycles. The molecular weight excluding hydrogens is 440 g/mol. The Morgan fingerprint density at radius 2 is 1.78 bits per heavy atom. The Morgan fingerprint density at radius 1 is 1.03 bits per heavy atom. The lowest BCUT2D eigenvalue weighted by atomic mass is 10.1. The summed E-state index contributed by atoms with van der Waals surface area (Å²) in [7, 11) is 0. The third-order valence-electron chi connectivity index (χ3n) is 4.46. The van der Waals surface area contributed by atoms with Gasteiger partial charge in [0.1, 0.15) is 0 Å². The van der Waals surface area contributed by atoms with E-state index in [1.54, 1.807) is 65.7 Å². The van der Waals surface area contributed by atoms with Crippen LogP contribution >= 0.6 is 23.1 Å². The molecule has 0 aliphatic rings. The van der Waals surface area contributed by atoms with Crippen molar-refractivity contribution in [3.63, 3.8) is 0 Å². The Balaban J connectivity index is 1.28. The molecule has 4 rings (SSSR count). The topological polar surface area (TPSA) is 83.5 Å². The number of aromatic nitrogens is 1. The van der Waals surface area contributed by atoms with Crippen molar-refractivity contribution in [2.24, 2.45) is 5.10 Å². The minimum Gasteiger partial charge on any atom is -0.326 e. The molecule has 4 aromatic rings. The summed E-state index contributed by atoms with van der Waals surface area (Å²) in [5, 5.41) is 6.70. The van der Waals surface area contributed by atoms with Crippen LogP contribution in [0.15, 0.2) is 82.2 Å². The number of carbonyl (C=O) groups is 2. The minimum atomic E-state index is -0.276. The van der Waals surface area contributed by atoms with Crippen molar-refractivity contribution < 1.29 is 9.59 Å². The molecule has 6 nitrogen and oxygen atoms in total. The predicted molar refractivity (Wildman–Crippen MR) is 131 cm³/mol. The van der Waals surface area contributed by atoms with Crippen LogP contribution in [0.4, 0.5) is 5.69 Å². The van der Waals surface area contributed by atoms with E-state index in [1.165, 1.54) is 11.6 Å². The van der Waals surface area contributed by atoms with Crippen LogP contribution in [0.25, 0.3) is 10.2 Å². The van der Waals surface area contributed by atoms with Crippen LogP contribution < -0.4 is 10.7 Å². The Morgan fingerprint density at radius 3 is 2.50 bits per heavy atom. The van der Waals surface area contributed by atoms with Crippen molar-refractivity contribution in [2.75, 3.05) is 5.32 Å². The second-order valence-corrected chi connectivity index (χ2v) is 9.19. The summed E-state index contributed by atoms with van der Waals surface area (Å²) >= 11 is 3.38. The number of hydrogen-bond acceptors (Lipinski definition) is 6. The SMILES string of the molecule is CC(=O)Nc1ccc(C=NNC(=O)c2ccc(CSc3nc4ccccc4s3)cc2)cc1. The number of fused-ring (bicyclic) bond motifs is 1. The van der Waals surface area contributed by atoms with Gasteiger partial charge >= 0.3 is 0 Å². The molecule has 0 unspecified atom stereocenters. The van der Waals surface area contributed by atoms with Crippen LogP contribution in [0, 0.1) is 0 Å². The quantitative estimate of drug-likeness (QED) is 0.222. The fraction of sp³-hybridized carbons (Fsp3) is 0.0833. The van der Waals surface area contributed by atoms with Crippen LogP contribution in [0.2, 0.25) is 0 Å².